The van der Waals surface area contributed by atoms with Crippen LogP contribution in [0.2, 0.25) is 0 Å². The molecule has 0 radical (unpaired) electrons. The molecule has 10 heteroatoms. The van der Waals surface area contributed by atoms with Gasteiger partial charge in [-0.15, -0.1) is 0 Å². The fourth-order valence-electron chi connectivity index (χ4n) is 4.12. The number of carbonyl (C=O) groups excluding carboxylic acids is 1. The van der Waals surface area contributed by atoms with E-state index in [1.807, 2.05) is 12.1 Å². The van der Waals surface area contributed by atoms with Crippen molar-refractivity contribution in [3.05, 3.63) is 40.9 Å². The molecule has 2 atom stereocenters. The third-order valence-electron chi connectivity index (χ3n) is 5.97. The van der Waals surface area contributed by atoms with E-state index in [2.05, 4.69) is 27.1 Å². The second-order valence-corrected chi connectivity index (χ2v) is 7.74. The average molecular weight is 407 g/mol. The predicted octanol–water partition coefficient (Wildman–Crippen LogP) is 0.704. The molecule has 1 aromatic rings. The number of amidine groups is 1. The summed E-state index contributed by atoms with van der Waals surface area (Å²) in [6, 6.07) is 0.754. The number of pyridine rings is 1. The Labute approximate surface area is 167 Å². The molecule has 0 saturated carbocycles. The minimum absolute atomic E-state index is 0.0282. The summed E-state index contributed by atoms with van der Waals surface area (Å²) in [7, 11) is 3.23. The topological polar surface area (TPSA) is 79.3 Å². The summed E-state index contributed by atoms with van der Waals surface area (Å²) in [5.74, 6) is -1.57. The fourth-order valence-corrected chi connectivity index (χ4v) is 4.12. The van der Waals surface area contributed by atoms with Crippen molar-refractivity contribution in [2.24, 2.45) is 10.9 Å². The van der Waals surface area contributed by atoms with Crippen molar-refractivity contribution in [2.75, 3.05) is 46.9 Å². The number of nitrogens with zero attached hydrogens (tertiary/aromatic N) is 4. The van der Waals surface area contributed by atoms with Crippen molar-refractivity contribution >= 4 is 11.8 Å². The second kappa shape index (κ2) is 7.43. The Balaban J connectivity index is 1.57. The Morgan fingerprint density at radius 3 is 2.97 bits per heavy atom. The first-order valence-corrected chi connectivity index (χ1v) is 9.34. The number of esters is 1. The maximum absolute atomic E-state index is 14.2. The molecule has 0 aromatic carbocycles. The number of carbonyl (C=O) groups is 1. The molecule has 2 fully saturated rings. The molecule has 4 heterocycles. The zero-order chi connectivity index (χ0) is 20.8. The smallest absolute Gasteiger partial charge is 0.337 e. The van der Waals surface area contributed by atoms with Gasteiger partial charge in [-0.05, 0) is 6.92 Å². The highest BCUT2D eigenvalue weighted by molar-refractivity contribution is 6.02. The second-order valence-electron chi connectivity index (χ2n) is 7.74. The van der Waals surface area contributed by atoms with Crippen LogP contribution in [-0.2, 0) is 14.4 Å². The van der Waals surface area contributed by atoms with Crippen LogP contribution in [0.15, 0.2) is 28.5 Å². The number of nitrogens with one attached hydrogen (secondary N) is 1. The molecule has 8 nitrogen and oxygen atoms in total. The fraction of sp³-hybridized carbons (Fsp3) is 0.526. The highest BCUT2D eigenvalue weighted by Crippen LogP contribution is 2.38. The Morgan fingerprint density at radius 2 is 2.28 bits per heavy atom. The number of halogens is 2. The summed E-state index contributed by atoms with van der Waals surface area (Å²) in [5.41, 5.74) is 0.763. The van der Waals surface area contributed by atoms with Crippen LogP contribution in [0.3, 0.4) is 0 Å². The average Bonchev–Trinajstić information content (AvgIpc) is 3.14. The van der Waals surface area contributed by atoms with Crippen molar-refractivity contribution in [3.63, 3.8) is 0 Å². The third-order valence-corrected chi connectivity index (χ3v) is 5.97. The maximum Gasteiger partial charge on any atom is 0.337 e. The van der Waals surface area contributed by atoms with Gasteiger partial charge in [0.25, 0.3) is 0 Å². The quantitative estimate of drug-likeness (QED) is 0.737. The Bertz CT molecular complexity index is 906. The van der Waals surface area contributed by atoms with Gasteiger partial charge in [0.2, 0.25) is 0 Å². The molecular formula is C19H23F2N5O3. The summed E-state index contributed by atoms with van der Waals surface area (Å²) in [6.07, 6.45) is 0.931. The summed E-state index contributed by atoms with van der Waals surface area (Å²) in [6.45, 7) is 4.82. The van der Waals surface area contributed by atoms with E-state index in [9.17, 15) is 13.6 Å². The number of rotatable bonds is 4. The number of ether oxygens (including phenoxy) is 1. The van der Waals surface area contributed by atoms with E-state index in [1.165, 1.54) is 7.11 Å². The lowest BCUT2D eigenvalue weighted by molar-refractivity contribution is -0.140. The molecule has 3 aliphatic rings. The number of likely N-dealkylation sites (N-methyl/N-ethyl adjacent to an activating group) is 1. The minimum Gasteiger partial charge on any atom is -0.466 e. The molecule has 1 aromatic heterocycles. The van der Waals surface area contributed by atoms with Crippen LogP contribution < -0.4 is 5.32 Å². The number of hydrogen-bond donors (Lipinski definition) is 1. The van der Waals surface area contributed by atoms with Crippen LogP contribution >= 0.6 is 0 Å². The van der Waals surface area contributed by atoms with Crippen molar-refractivity contribution in [1.82, 2.24) is 20.3 Å². The molecule has 1 N–H and O–H groups in total. The molecule has 0 amide bonds. The normalized spacial score (nSPS) is 27.6. The number of aromatic nitrogens is 1. The van der Waals surface area contributed by atoms with Crippen molar-refractivity contribution in [3.8, 4) is 0 Å². The lowest BCUT2D eigenvalue weighted by atomic mass is 9.91. The lowest BCUT2D eigenvalue weighted by Crippen LogP contribution is -2.45. The summed E-state index contributed by atoms with van der Waals surface area (Å²) < 4.78 is 32.3. The highest BCUT2D eigenvalue weighted by atomic mass is 19.1. The first-order valence-electron chi connectivity index (χ1n) is 9.34. The Hall–Kier alpha value is -2.43. The molecule has 2 saturated heterocycles. The molecule has 2 unspecified atom stereocenters. The summed E-state index contributed by atoms with van der Waals surface area (Å²) in [5, 5.41) is 4.92. The third kappa shape index (κ3) is 3.52. The van der Waals surface area contributed by atoms with Crippen LogP contribution in [0, 0.1) is 17.6 Å². The molecule has 3 aliphatic heterocycles. The van der Waals surface area contributed by atoms with Gasteiger partial charge in [0.15, 0.2) is 11.7 Å². The van der Waals surface area contributed by atoms with Gasteiger partial charge in [-0.2, -0.15) is 5.06 Å². The largest absolute Gasteiger partial charge is 0.466 e. The first kappa shape index (κ1) is 19.9. The predicted molar refractivity (Wildman–Crippen MR) is 99.8 cm³/mol. The maximum atomic E-state index is 14.2. The van der Waals surface area contributed by atoms with E-state index in [0.717, 1.165) is 25.4 Å². The molecular weight excluding hydrogens is 384 g/mol. The van der Waals surface area contributed by atoms with Crippen LogP contribution in [0.4, 0.5) is 8.78 Å². The van der Waals surface area contributed by atoms with Crippen LogP contribution in [0.25, 0.3) is 0 Å². The van der Waals surface area contributed by atoms with Gasteiger partial charge in [0.1, 0.15) is 11.5 Å². The Kier molecular flexibility index (Phi) is 5.09. The van der Waals surface area contributed by atoms with E-state index >= 15 is 0 Å². The molecule has 156 valence electrons. The standard InChI is InChI=1S/C19H23F2N5O3/c1-19-10-26(7-11(19)9-29-25(19)2)8-15-13(18(27)28-3)6-23-17(24-15)16-14(21)4-12(20)5-22-16/h4-5,11H,6-10H2,1-3H3,(H,23,24). The molecule has 0 aliphatic carbocycles. The van der Waals surface area contributed by atoms with Gasteiger partial charge >= 0.3 is 5.97 Å². The van der Waals surface area contributed by atoms with E-state index in [0.29, 0.717) is 30.3 Å². The number of aliphatic imine (C=N–C) groups is 1. The lowest BCUT2D eigenvalue weighted by Gasteiger charge is -2.30. The van der Waals surface area contributed by atoms with Crippen LogP contribution in [-0.4, -0.2) is 79.2 Å². The molecule has 4 rings (SSSR count). The SMILES string of the molecule is COC(=O)C1=C(CN2CC3CON(C)C3(C)C2)NC(c2ncc(F)cc2F)=NC1. The Morgan fingerprint density at radius 1 is 1.48 bits per heavy atom. The summed E-state index contributed by atoms with van der Waals surface area (Å²) >= 11 is 0. The monoisotopic (exact) mass is 407 g/mol. The minimum atomic E-state index is -0.820. The zero-order valence-corrected chi connectivity index (χ0v) is 16.5. The van der Waals surface area contributed by atoms with Gasteiger partial charge in [0, 0.05) is 44.4 Å². The summed E-state index contributed by atoms with van der Waals surface area (Å²) in [4.78, 5) is 28.1. The van der Waals surface area contributed by atoms with E-state index in [1.54, 1.807) is 0 Å². The van der Waals surface area contributed by atoms with Gasteiger partial charge in [-0.25, -0.2) is 18.6 Å². The van der Waals surface area contributed by atoms with Gasteiger partial charge < -0.3 is 10.1 Å². The number of methoxy groups -OCH3 is 1. The number of hydroxylamine groups is 2. The number of hydrogen-bond acceptors (Lipinski definition) is 8. The number of likely N-dealkylation sites (tertiary alicyclic amines) is 1. The number of fused-ring (bicyclic) bond motifs is 1. The van der Waals surface area contributed by atoms with Crippen molar-refractivity contribution in [1.29, 1.82) is 0 Å². The molecule has 29 heavy (non-hydrogen) atoms. The zero-order valence-electron chi connectivity index (χ0n) is 16.5. The van der Waals surface area contributed by atoms with Crippen LogP contribution in [0.5, 0.6) is 0 Å². The molecule has 0 bridgehead atoms. The highest BCUT2D eigenvalue weighted by Gasteiger charge is 2.51. The van der Waals surface area contributed by atoms with Gasteiger partial charge in [-0.1, -0.05) is 0 Å². The van der Waals surface area contributed by atoms with Gasteiger partial charge in [-0.3, -0.25) is 14.7 Å². The van der Waals surface area contributed by atoms with E-state index < -0.39 is 17.6 Å². The van der Waals surface area contributed by atoms with Crippen molar-refractivity contribution in [2.45, 2.75) is 12.5 Å². The van der Waals surface area contributed by atoms with E-state index in [4.69, 9.17) is 9.57 Å². The first-order chi connectivity index (χ1) is 13.8. The van der Waals surface area contributed by atoms with Crippen LogP contribution in [0.1, 0.15) is 12.6 Å². The van der Waals surface area contributed by atoms with Crippen molar-refractivity contribution < 1.29 is 23.1 Å². The van der Waals surface area contributed by atoms with Gasteiger partial charge in [0.05, 0.1) is 37.6 Å². The molecule has 0 spiro atoms. The van der Waals surface area contributed by atoms with E-state index in [-0.39, 0.29) is 23.6 Å².